The highest BCUT2D eigenvalue weighted by molar-refractivity contribution is 7.89. The van der Waals surface area contributed by atoms with Crippen LogP contribution in [0.1, 0.15) is 27.0 Å². The Kier molecular flexibility index (Phi) is 6.17. The monoisotopic (exact) mass is 402 g/mol. The Labute approximate surface area is 166 Å². The van der Waals surface area contributed by atoms with Gasteiger partial charge in [0.25, 0.3) is 0 Å². The van der Waals surface area contributed by atoms with E-state index in [0.29, 0.717) is 43.2 Å². The Hall–Kier alpha value is -2.22. The molecule has 2 aromatic carbocycles. The molecule has 2 aromatic rings. The Balaban J connectivity index is 1.66. The summed E-state index contributed by atoms with van der Waals surface area (Å²) >= 11 is 0. The zero-order valence-corrected chi connectivity index (χ0v) is 17.3. The molecule has 0 unspecified atom stereocenters. The van der Waals surface area contributed by atoms with E-state index >= 15 is 0 Å². The van der Waals surface area contributed by atoms with Crippen LogP contribution < -0.4 is 0 Å². The molecule has 1 saturated heterocycles. The number of aryl methyl sites for hydroxylation is 2. The van der Waals surface area contributed by atoms with Crippen molar-refractivity contribution in [1.82, 2.24) is 9.21 Å². The van der Waals surface area contributed by atoms with Gasteiger partial charge in [-0.15, -0.1) is 0 Å². The molecule has 0 bridgehead atoms. The van der Waals surface area contributed by atoms with E-state index in [1.54, 1.807) is 16.4 Å². The molecule has 0 aliphatic carbocycles. The van der Waals surface area contributed by atoms with Crippen molar-refractivity contribution in [3.63, 3.8) is 0 Å². The lowest BCUT2D eigenvalue weighted by molar-refractivity contribution is 0.0600. The smallest absolute Gasteiger partial charge is 0.337 e. The predicted molar refractivity (Wildman–Crippen MR) is 108 cm³/mol. The Bertz CT molecular complexity index is 964. The number of benzene rings is 2. The van der Waals surface area contributed by atoms with Crippen molar-refractivity contribution in [2.45, 2.75) is 25.3 Å². The average molecular weight is 403 g/mol. The molecule has 150 valence electrons. The molecule has 0 saturated carbocycles. The summed E-state index contributed by atoms with van der Waals surface area (Å²) in [4.78, 5) is 14.3. The number of hydrogen-bond acceptors (Lipinski definition) is 5. The Morgan fingerprint density at radius 3 is 2.43 bits per heavy atom. The first-order valence-electron chi connectivity index (χ1n) is 9.28. The molecule has 7 heteroatoms. The second-order valence-electron chi connectivity index (χ2n) is 7.14. The normalized spacial score (nSPS) is 16.1. The molecule has 0 aromatic heterocycles. The summed E-state index contributed by atoms with van der Waals surface area (Å²) in [5.41, 5.74) is 3.24. The van der Waals surface area contributed by atoms with E-state index in [1.807, 2.05) is 44.2 Å². The van der Waals surface area contributed by atoms with Crippen molar-refractivity contribution < 1.29 is 17.9 Å². The standard InChI is InChI=1S/C21H26N2O4S/c1-16-7-8-17(2)20(13-16)28(25,26)23-11-9-22(10-12-23)15-18-5-4-6-19(14-18)21(24)27-3/h4-8,13-14H,9-12,15H2,1-3H3. The van der Waals surface area contributed by atoms with Gasteiger partial charge in [0.05, 0.1) is 17.6 Å². The van der Waals surface area contributed by atoms with Crippen molar-refractivity contribution in [2.24, 2.45) is 0 Å². The summed E-state index contributed by atoms with van der Waals surface area (Å²) in [6, 6.07) is 12.9. The van der Waals surface area contributed by atoms with Gasteiger partial charge in [-0.25, -0.2) is 13.2 Å². The van der Waals surface area contributed by atoms with Gasteiger partial charge in [-0.1, -0.05) is 24.3 Å². The van der Waals surface area contributed by atoms with E-state index < -0.39 is 10.0 Å². The molecule has 0 atom stereocenters. The maximum Gasteiger partial charge on any atom is 0.337 e. The van der Waals surface area contributed by atoms with Gasteiger partial charge < -0.3 is 4.74 Å². The molecule has 0 spiro atoms. The number of esters is 1. The van der Waals surface area contributed by atoms with Crippen molar-refractivity contribution in [2.75, 3.05) is 33.3 Å². The maximum absolute atomic E-state index is 13.0. The first-order chi connectivity index (χ1) is 13.3. The van der Waals surface area contributed by atoms with Gasteiger partial charge in [0.2, 0.25) is 10.0 Å². The number of carbonyl (C=O) groups is 1. The first-order valence-corrected chi connectivity index (χ1v) is 10.7. The third-order valence-electron chi connectivity index (χ3n) is 5.05. The lowest BCUT2D eigenvalue weighted by atomic mass is 10.1. The summed E-state index contributed by atoms with van der Waals surface area (Å²) in [5.74, 6) is -0.355. The van der Waals surface area contributed by atoms with Gasteiger partial charge in [0.15, 0.2) is 0 Å². The Morgan fingerprint density at radius 1 is 1.04 bits per heavy atom. The second-order valence-corrected chi connectivity index (χ2v) is 9.05. The van der Waals surface area contributed by atoms with Gasteiger partial charge in [-0.2, -0.15) is 4.31 Å². The third kappa shape index (κ3) is 4.43. The molecule has 0 N–H and O–H groups in total. The van der Waals surface area contributed by atoms with Crippen LogP contribution in [0.5, 0.6) is 0 Å². The molecule has 1 aliphatic heterocycles. The van der Waals surface area contributed by atoms with E-state index in [1.165, 1.54) is 7.11 Å². The van der Waals surface area contributed by atoms with Crippen LogP contribution in [0.15, 0.2) is 47.4 Å². The number of piperazine rings is 1. The molecular weight excluding hydrogens is 376 g/mol. The van der Waals surface area contributed by atoms with E-state index in [2.05, 4.69) is 4.90 Å². The predicted octanol–water partition coefficient (Wildman–Crippen LogP) is 2.60. The largest absolute Gasteiger partial charge is 0.465 e. The summed E-state index contributed by atoms with van der Waals surface area (Å²) in [7, 11) is -2.12. The average Bonchev–Trinajstić information content (AvgIpc) is 2.69. The van der Waals surface area contributed by atoms with E-state index in [4.69, 9.17) is 4.74 Å². The highest BCUT2D eigenvalue weighted by Crippen LogP contribution is 2.23. The van der Waals surface area contributed by atoms with Gasteiger partial charge in [-0.05, 0) is 48.7 Å². The fourth-order valence-corrected chi connectivity index (χ4v) is 5.16. The van der Waals surface area contributed by atoms with Crippen molar-refractivity contribution in [3.8, 4) is 0 Å². The molecule has 28 heavy (non-hydrogen) atoms. The van der Waals surface area contributed by atoms with Crippen molar-refractivity contribution in [1.29, 1.82) is 0 Å². The van der Waals surface area contributed by atoms with Crippen LogP contribution >= 0.6 is 0 Å². The van der Waals surface area contributed by atoms with E-state index in [0.717, 1.165) is 16.7 Å². The van der Waals surface area contributed by atoms with E-state index in [9.17, 15) is 13.2 Å². The summed E-state index contributed by atoms with van der Waals surface area (Å²) < 4.78 is 32.4. The highest BCUT2D eigenvalue weighted by atomic mass is 32.2. The fraction of sp³-hybridized carbons (Fsp3) is 0.381. The third-order valence-corrected chi connectivity index (χ3v) is 7.09. The number of ether oxygens (including phenoxy) is 1. The van der Waals surface area contributed by atoms with Gasteiger partial charge in [0.1, 0.15) is 0 Å². The van der Waals surface area contributed by atoms with Crippen LogP contribution in [0.4, 0.5) is 0 Å². The minimum Gasteiger partial charge on any atom is -0.465 e. The molecule has 1 fully saturated rings. The van der Waals surface area contributed by atoms with Crippen molar-refractivity contribution in [3.05, 3.63) is 64.7 Å². The molecule has 1 aliphatic rings. The second kappa shape index (κ2) is 8.43. The highest BCUT2D eigenvalue weighted by Gasteiger charge is 2.29. The van der Waals surface area contributed by atoms with Crippen LogP contribution in [-0.4, -0.2) is 56.9 Å². The number of rotatable bonds is 5. The molecule has 0 amide bonds. The number of sulfonamides is 1. The van der Waals surface area contributed by atoms with Crippen LogP contribution in [0.3, 0.4) is 0 Å². The van der Waals surface area contributed by atoms with Crippen molar-refractivity contribution >= 4 is 16.0 Å². The van der Waals surface area contributed by atoms with Gasteiger partial charge in [0, 0.05) is 32.7 Å². The lowest BCUT2D eigenvalue weighted by Crippen LogP contribution is -2.48. The number of hydrogen-bond donors (Lipinski definition) is 0. The minimum atomic E-state index is -3.49. The van der Waals surface area contributed by atoms with E-state index in [-0.39, 0.29) is 5.97 Å². The summed E-state index contributed by atoms with van der Waals surface area (Å²) in [6.45, 7) is 6.59. The quantitative estimate of drug-likeness (QED) is 0.719. The summed E-state index contributed by atoms with van der Waals surface area (Å²) in [6.07, 6.45) is 0. The lowest BCUT2D eigenvalue weighted by Gasteiger charge is -2.34. The number of nitrogens with zero attached hydrogens (tertiary/aromatic N) is 2. The maximum atomic E-state index is 13.0. The van der Waals surface area contributed by atoms with Crippen LogP contribution in [0.2, 0.25) is 0 Å². The fourth-order valence-electron chi connectivity index (χ4n) is 3.42. The van der Waals surface area contributed by atoms with Gasteiger partial charge >= 0.3 is 5.97 Å². The molecule has 0 radical (unpaired) electrons. The SMILES string of the molecule is COC(=O)c1cccc(CN2CCN(S(=O)(=O)c3cc(C)ccc3C)CC2)c1. The van der Waals surface area contributed by atoms with Crippen LogP contribution in [0.25, 0.3) is 0 Å². The minimum absolute atomic E-state index is 0.355. The van der Waals surface area contributed by atoms with Crippen LogP contribution in [0, 0.1) is 13.8 Å². The number of carbonyl (C=O) groups excluding carboxylic acids is 1. The van der Waals surface area contributed by atoms with Crippen LogP contribution in [-0.2, 0) is 21.3 Å². The zero-order chi connectivity index (χ0) is 20.3. The van der Waals surface area contributed by atoms with Gasteiger partial charge in [-0.3, -0.25) is 4.90 Å². The zero-order valence-electron chi connectivity index (χ0n) is 16.5. The topological polar surface area (TPSA) is 66.9 Å². The number of methoxy groups -OCH3 is 1. The Morgan fingerprint density at radius 2 is 1.75 bits per heavy atom. The molecular formula is C21H26N2O4S. The molecule has 6 nitrogen and oxygen atoms in total. The molecule has 3 rings (SSSR count). The summed E-state index contributed by atoms with van der Waals surface area (Å²) in [5, 5.41) is 0. The molecule has 1 heterocycles. The first kappa shape index (κ1) is 20.5.